The van der Waals surface area contributed by atoms with Gasteiger partial charge < -0.3 is 0 Å². The zero-order valence-electron chi connectivity index (χ0n) is 10.1. The third-order valence-electron chi connectivity index (χ3n) is 2.72. The highest BCUT2D eigenvalue weighted by molar-refractivity contribution is 8.10. The number of sulfone groups is 2. The van der Waals surface area contributed by atoms with E-state index in [1.54, 1.807) is 6.92 Å². The van der Waals surface area contributed by atoms with E-state index >= 15 is 0 Å². The Balaban J connectivity index is -0.000000845. The monoisotopic (exact) mass is 310 g/mol. The Bertz CT molecular complexity index is 348. The van der Waals surface area contributed by atoms with Gasteiger partial charge in [-0.3, -0.25) is 0 Å². The molecule has 0 atom stereocenters. The van der Waals surface area contributed by atoms with Gasteiger partial charge in [-0.1, -0.05) is 20.8 Å². The van der Waals surface area contributed by atoms with Gasteiger partial charge in [-0.15, -0.1) is 0 Å². The van der Waals surface area contributed by atoms with Crippen molar-refractivity contribution < 1.29 is 16.8 Å². The van der Waals surface area contributed by atoms with Crippen molar-refractivity contribution in [2.75, 3.05) is 11.5 Å². The molecule has 0 N–H and O–H groups in total. The fourth-order valence-electron chi connectivity index (χ4n) is 1.24. The SMILES string of the molecule is CCC(C)(S(=O)(=O)CC)S(=O)(=O)CC.S.S. The van der Waals surface area contributed by atoms with Crippen LogP contribution in [-0.4, -0.2) is 32.4 Å². The molecule has 0 aliphatic heterocycles. The third-order valence-corrected chi connectivity index (χ3v) is 8.97. The molecule has 0 aromatic rings. The minimum Gasteiger partial charge on any atom is -0.227 e. The van der Waals surface area contributed by atoms with Gasteiger partial charge in [0.1, 0.15) is 0 Å². The lowest BCUT2D eigenvalue weighted by Gasteiger charge is -2.26. The van der Waals surface area contributed by atoms with Crippen molar-refractivity contribution >= 4 is 46.7 Å². The number of hydrogen-bond acceptors (Lipinski definition) is 4. The highest BCUT2D eigenvalue weighted by Crippen LogP contribution is 2.29. The van der Waals surface area contributed by atoms with Gasteiger partial charge in [-0.05, 0) is 13.3 Å². The molecule has 0 rings (SSSR count). The van der Waals surface area contributed by atoms with E-state index in [4.69, 9.17) is 0 Å². The maximum absolute atomic E-state index is 11.7. The first-order valence-electron chi connectivity index (χ1n) is 4.63. The van der Waals surface area contributed by atoms with Crippen molar-refractivity contribution in [3.63, 3.8) is 0 Å². The summed E-state index contributed by atoms with van der Waals surface area (Å²) in [6, 6.07) is 0. The first-order valence-corrected chi connectivity index (χ1v) is 7.93. The predicted octanol–water partition coefficient (Wildman–Crippen LogP) is 1.21. The van der Waals surface area contributed by atoms with Gasteiger partial charge in [0.05, 0.1) is 0 Å². The Morgan fingerprint density at radius 1 is 0.812 bits per heavy atom. The maximum Gasteiger partial charge on any atom is 0.170 e. The summed E-state index contributed by atoms with van der Waals surface area (Å²) in [7, 11) is -7.14. The van der Waals surface area contributed by atoms with E-state index in [0.717, 1.165) is 0 Å². The van der Waals surface area contributed by atoms with Gasteiger partial charge in [0.2, 0.25) is 0 Å². The number of rotatable bonds is 5. The molecule has 102 valence electrons. The molecule has 0 aliphatic rings. The van der Waals surface area contributed by atoms with Crippen LogP contribution in [0.3, 0.4) is 0 Å². The molecule has 0 amide bonds. The summed E-state index contributed by atoms with van der Waals surface area (Å²) in [6.07, 6.45) is 0.0966. The van der Waals surface area contributed by atoms with Crippen LogP contribution in [-0.2, 0) is 19.7 Å². The van der Waals surface area contributed by atoms with Crippen molar-refractivity contribution in [1.29, 1.82) is 0 Å². The molecule has 0 saturated heterocycles. The Hall–Kier alpha value is 0.600. The average Bonchev–Trinajstić information content (AvgIpc) is 2.15. The second-order valence-corrected chi connectivity index (χ2v) is 8.97. The Morgan fingerprint density at radius 2 is 1.06 bits per heavy atom. The summed E-state index contributed by atoms with van der Waals surface area (Å²) < 4.78 is 45.1. The molecule has 4 nitrogen and oxygen atoms in total. The summed E-state index contributed by atoms with van der Waals surface area (Å²) in [5, 5.41) is 0. The molecular weight excluding hydrogens is 288 g/mol. The van der Waals surface area contributed by atoms with Gasteiger partial charge in [0, 0.05) is 11.5 Å². The first kappa shape index (κ1) is 21.8. The molecule has 0 fully saturated rings. The fraction of sp³-hybridized carbons (Fsp3) is 1.00. The van der Waals surface area contributed by atoms with Crippen molar-refractivity contribution in [1.82, 2.24) is 0 Å². The fourth-order valence-corrected chi connectivity index (χ4v) is 5.60. The summed E-state index contributed by atoms with van der Waals surface area (Å²) in [4.78, 5) is 0. The van der Waals surface area contributed by atoms with Crippen LogP contribution in [0.2, 0.25) is 0 Å². The second kappa shape index (κ2) is 7.13. The zero-order chi connectivity index (χ0) is 11.6. The molecular formula is C8H22O4S4. The Labute approximate surface area is 113 Å². The summed E-state index contributed by atoms with van der Waals surface area (Å²) in [6.45, 7) is 5.81. The van der Waals surface area contributed by atoms with Crippen LogP contribution >= 0.6 is 27.0 Å². The van der Waals surface area contributed by atoms with E-state index in [0.29, 0.717) is 0 Å². The van der Waals surface area contributed by atoms with Crippen molar-refractivity contribution in [3.8, 4) is 0 Å². The lowest BCUT2D eigenvalue weighted by Crippen LogP contribution is -2.44. The molecule has 16 heavy (non-hydrogen) atoms. The summed E-state index contributed by atoms with van der Waals surface area (Å²) in [5.41, 5.74) is 0. The lowest BCUT2D eigenvalue weighted by atomic mass is 10.4. The van der Waals surface area contributed by atoms with Gasteiger partial charge in [-0.25, -0.2) is 16.8 Å². The Morgan fingerprint density at radius 3 is 1.19 bits per heavy atom. The molecule has 0 bridgehead atoms. The van der Waals surface area contributed by atoms with Crippen molar-refractivity contribution in [2.45, 2.75) is 38.2 Å². The zero-order valence-corrected chi connectivity index (χ0v) is 13.7. The highest BCUT2D eigenvalue weighted by Gasteiger charge is 2.47. The minimum absolute atomic E-state index is 0. The van der Waals surface area contributed by atoms with Crippen LogP contribution in [0, 0.1) is 0 Å². The second-order valence-electron chi connectivity index (χ2n) is 3.29. The molecule has 0 spiro atoms. The van der Waals surface area contributed by atoms with Crippen LogP contribution in [0.1, 0.15) is 34.1 Å². The van der Waals surface area contributed by atoms with E-state index < -0.39 is 23.8 Å². The van der Waals surface area contributed by atoms with E-state index in [9.17, 15) is 16.8 Å². The van der Waals surface area contributed by atoms with Crippen LogP contribution in [0.25, 0.3) is 0 Å². The molecule has 0 unspecified atom stereocenters. The van der Waals surface area contributed by atoms with E-state index in [1.807, 2.05) is 0 Å². The molecule has 0 saturated carbocycles. The largest absolute Gasteiger partial charge is 0.227 e. The van der Waals surface area contributed by atoms with Crippen LogP contribution in [0.15, 0.2) is 0 Å². The smallest absolute Gasteiger partial charge is 0.170 e. The molecule has 0 aliphatic carbocycles. The Kier molecular flexibility index (Phi) is 9.73. The van der Waals surface area contributed by atoms with Crippen LogP contribution in [0.5, 0.6) is 0 Å². The first-order chi connectivity index (χ1) is 6.18. The van der Waals surface area contributed by atoms with Crippen molar-refractivity contribution in [3.05, 3.63) is 0 Å². The van der Waals surface area contributed by atoms with Gasteiger partial charge in [-0.2, -0.15) is 27.0 Å². The van der Waals surface area contributed by atoms with Gasteiger partial charge in [0.25, 0.3) is 0 Å². The van der Waals surface area contributed by atoms with Crippen molar-refractivity contribution in [2.24, 2.45) is 0 Å². The standard InChI is InChI=1S/C8H18O4S2.2H2S/c1-5-8(4,13(9,10)6-2)14(11,12)7-3;;/h5-7H2,1-4H3;2*1H2. The lowest BCUT2D eigenvalue weighted by molar-refractivity contribution is 0.543. The molecule has 0 radical (unpaired) electrons. The minimum atomic E-state index is -3.57. The van der Waals surface area contributed by atoms with Gasteiger partial charge >= 0.3 is 0 Å². The molecule has 0 aromatic carbocycles. The highest BCUT2D eigenvalue weighted by atomic mass is 32.3. The van der Waals surface area contributed by atoms with Crippen LogP contribution < -0.4 is 0 Å². The quantitative estimate of drug-likeness (QED) is 0.765. The normalized spacial score (nSPS) is 12.5. The van der Waals surface area contributed by atoms with E-state index in [2.05, 4.69) is 0 Å². The maximum atomic E-state index is 11.7. The van der Waals surface area contributed by atoms with Gasteiger partial charge in [0.15, 0.2) is 23.8 Å². The van der Waals surface area contributed by atoms with E-state index in [-0.39, 0.29) is 44.9 Å². The predicted molar refractivity (Wildman–Crippen MR) is 78.4 cm³/mol. The molecule has 8 heteroatoms. The summed E-state index contributed by atoms with van der Waals surface area (Å²) >= 11 is 0. The van der Waals surface area contributed by atoms with E-state index in [1.165, 1.54) is 20.8 Å². The summed E-state index contributed by atoms with van der Waals surface area (Å²) in [5.74, 6) is -0.285. The average molecular weight is 311 g/mol. The molecule has 0 heterocycles. The molecule has 0 aromatic heterocycles. The third kappa shape index (κ3) is 3.54. The van der Waals surface area contributed by atoms with Crippen LogP contribution in [0.4, 0.5) is 0 Å². The topological polar surface area (TPSA) is 68.3 Å². The number of hydrogen-bond donors (Lipinski definition) is 0.